The molecule has 0 bridgehead atoms. The van der Waals surface area contributed by atoms with Crippen LogP contribution in [0.5, 0.6) is 0 Å². The van der Waals surface area contributed by atoms with Crippen molar-refractivity contribution < 1.29 is 4.79 Å². The molecule has 15 heavy (non-hydrogen) atoms. The quantitative estimate of drug-likeness (QED) is 0.643. The van der Waals surface area contributed by atoms with Gasteiger partial charge in [0.2, 0.25) is 5.91 Å². The Morgan fingerprint density at radius 1 is 1.53 bits per heavy atom. The van der Waals surface area contributed by atoms with Crippen LogP contribution < -0.4 is 0 Å². The van der Waals surface area contributed by atoms with Gasteiger partial charge in [-0.2, -0.15) is 5.26 Å². The minimum Gasteiger partial charge on any atom is -0.315 e. The third-order valence-corrected chi connectivity index (χ3v) is 3.14. The van der Waals surface area contributed by atoms with E-state index in [0.29, 0.717) is 13.0 Å². The van der Waals surface area contributed by atoms with E-state index >= 15 is 0 Å². The fraction of sp³-hybridized carbons (Fsp3) is 0.500. The molecule has 0 saturated carbocycles. The van der Waals surface area contributed by atoms with Gasteiger partial charge in [-0.25, -0.2) is 0 Å². The van der Waals surface area contributed by atoms with E-state index < -0.39 is 0 Å². The summed E-state index contributed by atoms with van der Waals surface area (Å²) in [6, 6.07) is 2.20. The van der Waals surface area contributed by atoms with Crippen LogP contribution in [-0.4, -0.2) is 17.4 Å². The highest BCUT2D eigenvalue weighted by Gasteiger charge is 2.32. The van der Waals surface area contributed by atoms with Crippen LogP contribution in [0.25, 0.3) is 0 Å². The summed E-state index contributed by atoms with van der Waals surface area (Å²) in [5.41, 5.74) is 1.76. The van der Waals surface area contributed by atoms with E-state index in [9.17, 15) is 4.79 Å². The fourth-order valence-electron chi connectivity index (χ4n) is 2.30. The third kappa shape index (κ3) is 1.68. The molecule has 3 heteroatoms. The molecule has 0 spiro atoms. The molecule has 1 unspecified atom stereocenters. The van der Waals surface area contributed by atoms with E-state index in [0.717, 1.165) is 30.5 Å². The Bertz CT molecular complexity index is 376. The van der Waals surface area contributed by atoms with Crippen molar-refractivity contribution >= 4 is 5.91 Å². The molecule has 0 aromatic heterocycles. The number of allylic oxidation sites excluding steroid dienone is 2. The minimum atomic E-state index is 0.143. The number of likely N-dealkylation sites (tertiary alicyclic amines) is 1. The molecule has 1 aliphatic heterocycles. The molecule has 1 atom stereocenters. The van der Waals surface area contributed by atoms with Crippen molar-refractivity contribution in [2.45, 2.75) is 25.7 Å². The zero-order valence-electron chi connectivity index (χ0n) is 8.70. The Morgan fingerprint density at radius 3 is 2.93 bits per heavy atom. The summed E-state index contributed by atoms with van der Waals surface area (Å²) in [6.07, 6.45) is 5.08. The number of carbonyl (C=O) groups excluding carboxylic acids is 1. The zero-order valence-corrected chi connectivity index (χ0v) is 8.70. The first-order valence-corrected chi connectivity index (χ1v) is 5.31. The first kappa shape index (κ1) is 9.97. The van der Waals surface area contributed by atoms with Crippen molar-refractivity contribution in [2.75, 3.05) is 6.54 Å². The first-order valence-electron chi connectivity index (χ1n) is 5.31. The van der Waals surface area contributed by atoms with Crippen LogP contribution >= 0.6 is 0 Å². The normalized spacial score (nSPS) is 25.9. The number of hydrogen-bond donors (Lipinski definition) is 0. The molecule has 1 amide bonds. The van der Waals surface area contributed by atoms with Gasteiger partial charge in [-0.3, -0.25) is 4.79 Å². The second-order valence-corrected chi connectivity index (χ2v) is 4.09. The SMILES string of the molecule is C=CC1CC(=O)N(C2=C(C#N)CCC2)C1. The number of nitrogens with zero attached hydrogens (tertiary/aromatic N) is 2. The lowest BCUT2D eigenvalue weighted by Gasteiger charge is -2.17. The predicted octanol–water partition coefficient (Wildman–Crippen LogP) is 1.98. The third-order valence-electron chi connectivity index (χ3n) is 3.14. The van der Waals surface area contributed by atoms with Crippen LogP contribution in [0.4, 0.5) is 0 Å². The maximum Gasteiger partial charge on any atom is 0.227 e. The van der Waals surface area contributed by atoms with E-state index in [-0.39, 0.29) is 11.8 Å². The van der Waals surface area contributed by atoms with Crippen LogP contribution in [0.2, 0.25) is 0 Å². The van der Waals surface area contributed by atoms with E-state index in [4.69, 9.17) is 5.26 Å². The number of nitriles is 1. The smallest absolute Gasteiger partial charge is 0.227 e. The summed E-state index contributed by atoms with van der Waals surface area (Å²) in [5, 5.41) is 8.94. The first-order chi connectivity index (χ1) is 7.26. The maximum atomic E-state index is 11.7. The second-order valence-electron chi connectivity index (χ2n) is 4.09. The van der Waals surface area contributed by atoms with Crippen molar-refractivity contribution in [3.8, 4) is 6.07 Å². The van der Waals surface area contributed by atoms with Crippen LogP contribution in [-0.2, 0) is 4.79 Å². The van der Waals surface area contributed by atoms with Crippen LogP contribution in [0, 0.1) is 17.2 Å². The molecular formula is C12H14N2O. The molecule has 1 saturated heterocycles. The molecule has 0 radical (unpaired) electrons. The molecule has 1 aliphatic carbocycles. The topological polar surface area (TPSA) is 44.1 Å². The van der Waals surface area contributed by atoms with Crippen molar-refractivity contribution in [1.82, 2.24) is 4.90 Å². The Morgan fingerprint density at radius 2 is 2.33 bits per heavy atom. The molecule has 0 aromatic carbocycles. The van der Waals surface area contributed by atoms with Crippen molar-refractivity contribution in [3.63, 3.8) is 0 Å². The molecule has 2 aliphatic rings. The van der Waals surface area contributed by atoms with Gasteiger partial charge in [-0.1, -0.05) is 6.08 Å². The lowest BCUT2D eigenvalue weighted by molar-refractivity contribution is -0.126. The number of hydrogen-bond acceptors (Lipinski definition) is 2. The summed E-state index contributed by atoms with van der Waals surface area (Å²) in [5.74, 6) is 0.398. The Balaban J connectivity index is 2.22. The zero-order chi connectivity index (χ0) is 10.8. The Hall–Kier alpha value is -1.56. The largest absolute Gasteiger partial charge is 0.315 e. The van der Waals surface area contributed by atoms with E-state index in [2.05, 4.69) is 12.6 Å². The van der Waals surface area contributed by atoms with Gasteiger partial charge in [-0.15, -0.1) is 6.58 Å². The molecule has 2 rings (SSSR count). The second kappa shape index (κ2) is 3.90. The van der Waals surface area contributed by atoms with Crippen LogP contribution in [0.15, 0.2) is 23.9 Å². The lowest BCUT2D eigenvalue weighted by Crippen LogP contribution is -2.24. The van der Waals surface area contributed by atoms with Crippen molar-refractivity contribution in [2.24, 2.45) is 5.92 Å². The lowest BCUT2D eigenvalue weighted by atomic mass is 10.1. The molecule has 0 aromatic rings. The van der Waals surface area contributed by atoms with Crippen LogP contribution in [0.1, 0.15) is 25.7 Å². The summed E-state index contributed by atoms with van der Waals surface area (Å²) in [6.45, 7) is 4.43. The average molecular weight is 202 g/mol. The van der Waals surface area contributed by atoms with Crippen LogP contribution in [0.3, 0.4) is 0 Å². The highest BCUT2D eigenvalue weighted by atomic mass is 16.2. The van der Waals surface area contributed by atoms with Crippen molar-refractivity contribution in [1.29, 1.82) is 5.26 Å². The minimum absolute atomic E-state index is 0.143. The van der Waals surface area contributed by atoms with Gasteiger partial charge in [-0.05, 0) is 19.3 Å². The summed E-state index contributed by atoms with van der Waals surface area (Å²) in [4.78, 5) is 13.5. The fourth-order valence-corrected chi connectivity index (χ4v) is 2.30. The van der Waals surface area contributed by atoms with Crippen molar-refractivity contribution in [3.05, 3.63) is 23.9 Å². The Kier molecular flexibility index (Phi) is 2.59. The average Bonchev–Trinajstić information content (AvgIpc) is 2.82. The summed E-state index contributed by atoms with van der Waals surface area (Å²) < 4.78 is 0. The number of amides is 1. The maximum absolute atomic E-state index is 11.7. The molecule has 3 nitrogen and oxygen atoms in total. The van der Waals surface area contributed by atoms with Gasteiger partial charge in [0.05, 0.1) is 6.07 Å². The monoisotopic (exact) mass is 202 g/mol. The van der Waals surface area contributed by atoms with Gasteiger partial charge in [0.1, 0.15) is 0 Å². The highest BCUT2D eigenvalue weighted by Crippen LogP contribution is 2.32. The molecule has 78 valence electrons. The molecule has 1 heterocycles. The van der Waals surface area contributed by atoms with Gasteiger partial charge in [0.15, 0.2) is 0 Å². The predicted molar refractivity (Wildman–Crippen MR) is 56.5 cm³/mol. The summed E-state index contributed by atoms with van der Waals surface area (Å²) in [7, 11) is 0. The van der Waals surface area contributed by atoms with Gasteiger partial charge < -0.3 is 4.90 Å². The molecule has 1 fully saturated rings. The van der Waals surface area contributed by atoms with E-state index in [1.165, 1.54) is 0 Å². The van der Waals surface area contributed by atoms with E-state index in [1.54, 1.807) is 4.90 Å². The van der Waals surface area contributed by atoms with Gasteiger partial charge in [0, 0.05) is 30.2 Å². The van der Waals surface area contributed by atoms with Gasteiger partial charge in [0.25, 0.3) is 0 Å². The Labute approximate surface area is 89.7 Å². The van der Waals surface area contributed by atoms with Gasteiger partial charge >= 0.3 is 0 Å². The van der Waals surface area contributed by atoms with E-state index in [1.807, 2.05) is 6.08 Å². The highest BCUT2D eigenvalue weighted by molar-refractivity contribution is 5.81. The molecule has 0 N–H and O–H groups in total. The number of rotatable bonds is 2. The molecular weight excluding hydrogens is 188 g/mol. The number of carbonyl (C=O) groups is 1. The standard InChI is InChI=1S/C12H14N2O/c1-2-9-6-12(15)14(8-9)11-5-3-4-10(11)7-13/h2,9H,1,3-6,8H2. The summed E-state index contributed by atoms with van der Waals surface area (Å²) >= 11 is 0.